The van der Waals surface area contributed by atoms with Gasteiger partial charge in [0, 0.05) is 51.8 Å². The van der Waals surface area contributed by atoms with Crippen molar-refractivity contribution in [2.45, 2.75) is 51.7 Å². The summed E-state index contributed by atoms with van der Waals surface area (Å²) in [4.78, 5) is 26.1. The Morgan fingerprint density at radius 2 is 1.83 bits per heavy atom. The Labute approximate surface area is 173 Å². The molecular weight excluding hydrogens is 372 g/mol. The van der Waals surface area contributed by atoms with Gasteiger partial charge in [0.25, 0.3) is 5.91 Å². The molecule has 0 aliphatic carbocycles. The molecule has 0 saturated carbocycles. The van der Waals surface area contributed by atoms with Gasteiger partial charge in [0.2, 0.25) is 5.91 Å². The number of piperidine rings is 1. The number of hydrogen-bond donors (Lipinski definition) is 1. The van der Waals surface area contributed by atoms with Crippen molar-refractivity contribution in [3.63, 3.8) is 0 Å². The van der Waals surface area contributed by atoms with Gasteiger partial charge in [-0.3, -0.25) is 9.59 Å². The van der Waals surface area contributed by atoms with Crippen LogP contribution in [0.3, 0.4) is 0 Å². The van der Waals surface area contributed by atoms with Crippen LogP contribution in [0, 0.1) is 0 Å². The van der Waals surface area contributed by atoms with Crippen molar-refractivity contribution in [1.29, 1.82) is 0 Å². The van der Waals surface area contributed by atoms with Crippen molar-refractivity contribution in [2.24, 2.45) is 0 Å². The Morgan fingerprint density at radius 3 is 2.45 bits per heavy atom. The van der Waals surface area contributed by atoms with Gasteiger partial charge in [-0.25, -0.2) is 0 Å². The molecule has 0 atom stereocenters. The molecule has 1 aromatic carbocycles. The van der Waals surface area contributed by atoms with Crippen LogP contribution in [0.4, 0.5) is 0 Å². The number of nitrogens with zero attached hydrogens (tertiary/aromatic N) is 1. The number of carbonyl (C=O) groups excluding carboxylic acids is 2. The third-order valence-electron chi connectivity index (χ3n) is 4.79. The summed E-state index contributed by atoms with van der Waals surface area (Å²) < 4.78 is 16.4. The minimum absolute atomic E-state index is 0.0853. The van der Waals surface area contributed by atoms with E-state index in [1.54, 1.807) is 19.2 Å². The first-order valence-electron chi connectivity index (χ1n) is 10.4. The monoisotopic (exact) mass is 406 g/mol. The molecule has 2 rings (SSSR count). The van der Waals surface area contributed by atoms with E-state index in [-0.39, 0.29) is 24.0 Å². The van der Waals surface area contributed by atoms with Crippen LogP contribution >= 0.6 is 0 Å². The number of nitrogens with one attached hydrogen (secondary N) is 1. The summed E-state index contributed by atoms with van der Waals surface area (Å²) in [6.07, 6.45) is 3.12. The van der Waals surface area contributed by atoms with E-state index in [9.17, 15) is 9.59 Å². The van der Waals surface area contributed by atoms with Gasteiger partial charge in [-0.2, -0.15) is 0 Å². The van der Waals surface area contributed by atoms with Crippen molar-refractivity contribution in [1.82, 2.24) is 10.2 Å². The number of carbonyl (C=O) groups is 2. The lowest BCUT2D eigenvalue weighted by molar-refractivity contribution is -0.133. The highest BCUT2D eigenvalue weighted by molar-refractivity contribution is 5.94. The van der Waals surface area contributed by atoms with Gasteiger partial charge in [0.1, 0.15) is 11.9 Å². The summed E-state index contributed by atoms with van der Waals surface area (Å²) >= 11 is 0. The van der Waals surface area contributed by atoms with Crippen LogP contribution < -0.4 is 10.1 Å². The predicted octanol–water partition coefficient (Wildman–Crippen LogP) is 2.64. The summed E-state index contributed by atoms with van der Waals surface area (Å²) in [7, 11) is 1.60. The maximum absolute atomic E-state index is 12.2. The molecule has 7 nitrogen and oxygen atoms in total. The predicted molar refractivity (Wildman–Crippen MR) is 111 cm³/mol. The zero-order valence-corrected chi connectivity index (χ0v) is 17.8. The number of rotatable bonds is 11. The van der Waals surface area contributed by atoms with E-state index in [4.69, 9.17) is 14.2 Å². The minimum Gasteiger partial charge on any atom is -0.490 e. The second-order valence-corrected chi connectivity index (χ2v) is 7.49. The fraction of sp³-hybridized carbons (Fsp3) is 0.636. The average Bonchev–Trinajstić information content (AvgIpc) is 2.72. The molecule has 1 saturated heterocycles. The molecule has 1 N–H and O–H groups in total. The van der Waals surface area contributed by atoms with Gasteiger partial charge >= 0.3 is 0 Å². The molecule has 2 amide bonds. The summed E-state index contributed by atoms with van der Waals surface area (Å²) in [5, 5.41) is 2.90. The standard InChI is InChI=1S/C22H34N2O5/c1-17(2)28-15-4-12-23-22(26)18-5-7-19(8-6-18)29-20-9-13-24(14-10-20)21(25)11-16-27-3/h5-8,17,20H,4,9-16H2,1-3H3,(H,23,26). The third-order valence-corrected chi connectivity index (χ3v) is 4.79. The van der Waals surface area contributed by atoms with E-state index in [0.717, 1.165) is 25.0 Å². The molecule has 0 unspecified atom stereocenters. The second-order valence-electron chi connectivity index (χ2n) is 7.49. The molecule has 0 bridgehead atoms. The van der Waals surface area contributed by atoms with E-state index in [1.165, 1.54) is 0 Å². The maximum atomic E-state index is 12.2. The fourth-order valence-corrected chi connectivity index (χ4v) is 3.14. The third kappa shape index (κ3) is 8.41. The normalized spacial score (nSPS) is 14.8. The molecule has 1 aliphatic rings. The number of benzene rings is 1. The number of amides is 2. The van der Waals surface area contributed by atoms with Crippen LogP contribution in [-0.4, -0.2) is 68.9 Å². The Balaban J connectivity index is 1.70. The first-order chi connectivity index (χ1) is 14.0. The number of methoxy groups -OCH3 is 1. The molecule has 0 radical (unpaired) electrons. The van der Waals surface area contributed by atoms with Gasteiger partial charge in [-0.1, -0.05) is 0 Å². The van der Waals surface area contributed by atoms with Crippen molar-refractivity contribution in [3.05, 3.63) is 29.8 Å². The van der Waals surface area contributed by atoms with Crippen LogP contribution in [0.1, 0.15) is 49.9 Å². The highest BCUT2D eigenvalue weighted by Gasteiger charge is 2.23. The fourth-order valence-electron chi connectivity index (χ4n) is 3.14. The van der Waals surface area contributed by atoms with Gasteiger partial charge < -0.3 is 24.4 Å². The maximum Gasteiger partial charge on any atom is 0.251 e. The molecule has 0 spiro atoms. The number of likely N-dealkylation sites (tertiary alicyclic amines) is 1. The van der Waals surface area contributed by atoms with E-state index in [1.807, 2.05) is 30.9 Å². The van der Waals surface area contributed by atoms with E-state index >= 15 is 0 Å². The van der Waals surface area contributed by atoms with Gasteiger partial charge in [0.15, 0.2) is 0 Å². The highest BCUT2D eigenvalue weighted by Crippen LogP contribution is 2.20. The highest BCUT2D eigenvalue weighted by atomic mass is 16.5. The van der Waals surface area contributed by atoms with Crippen molar-refractivity contribution in [2.75, 3.05) is 40.0 Å². The van der Waals surface area contributed by atoms with Crippen LogP contribution in [-0.2, 0) is 14.3 Å². The van der Waals surface area contributed by atoms with E-state index in [2.05, 4.69) is 5.32 Å². The molecule has 1 aromatic rings. The van der Waals surface area contributed by atoms with Crippen LogP contribution in [0.5, 0.6) is 5.75 Å². The molecule has 29 heavy (non-hydrogen) atoms. The lowest BCUT2D eigenvalue weighted by Crippen LogP contribution is -2.42. The topological polar surface area (TPSA) is 77.1 Å². The Hall–Kier alpha value is -2.12. The lowest BCUT2D eigenvalue weighted by Gasteiger charge is -2.32. The second kappa shape index (κ2) is 12.4. The Bertz CT molecular complexity index is 625. The Kier molecular flexibility index (Phi) is 9.94. The first kappa shape index (κ1) is 23.2. The largest absolute Gasteiger partial charge is 0.490 e. The molecular formula is C22H34N2O5. The van der Waals surface area contributed by atoms with Crippen molar-refractivity contribution < 1.29 is 23.8 Å². The molecule has 1 fully saturated rings. The molecule has 7 heteroatoms. The summed E-state index contributed by atoms with van der Waals surface area (Å²) in [5.41, 5.74) is 0.612. The quantitative estimate of drug-likeness (QED) is 0.572. The zero-order valence-electron chi connectivity index (χ0n) is 17.8. The molecule has 1 heterocycles. The zero-order chi connectivity index (χ0) is 21.1. The van der Waals surface area contributed by atoms with Crippen LogP contribution in [0.25, 0.3) is 0 Å². The first-order valence-corrected chi connectivity index (χ1v) is 10.4. The molecule has 1 aliphatic heterocycles. The van der Waals surface area contributed by atoms with Gasteiger partial charge in [-0.05, 0) is 44.5 Å². The molecule has 0 aromatic heterocycles. The molecule has 162 valence electrons. The van der Waals surface area contributed by atoms with Crippen LogP contribution in [0.15, 0.2) is 24.3 Å². The minimum atomic E-state index is -0.0935. The van der Waals surface area contributed by atoms with Crippen molar-refractivity contribution in [3.8, 4) is 5.75 Å². The van der Waals surface area contributed by atoms with Crippen molar-refractivity contribution >= 4 is 11.8 Å². The number of ether oxygens (including phenoxy) is 3. The number of hydrogen-bond acceptors (Lipinski definition) is 5. The summed E-state index contributed by atoms with van der Waals surface area (Å²) in [6.45, 7) is 7.08. The van der Waals surface area contributed by atoms with Gasteiger partial charge in [0.05, 0.1) is 19.1 Å². The van der Waals surface area contributed by atoms with Crippen LogP contribution in [0.2, 0.25) is 0 Å². The SMILES string of the molecule is COCCC(=O)N1CCC(Oc2ccc(C(=O)NCCCOC(C)C)cc2)CC1. The summed E-state index contributed by atoms with van der Waals surface area (Å²) in [5.74, 6) is 0.788. The summed E-state index contributed by atoms with van der Waals surface area (Å²) in [6, 6.07) is 7.21. The smallest absolute Gasteiger partial charge is 0.251 e. The van der Waals surface area contributed by atoms with E-state index in [0.29, 0.717) is 44.8 Å². The lowest BCUT2D eigenvalue weighted by atomic mass is 10.1. The van der Waals surface area contributed by atoms with E-state index < -0.39 is 0 Å². The average molecular weight is 407 g/mol. The Morgan fingerprint density at radius 1 is 1.14 bits per heavy atom. The van der Waals surface area contributed by atoms with Gasteiger partial charge in [-0.15, -0.1) is 0 Å².